The lowest BCUT2D eigenvalue weighted by atomic mass is 9.44. The molecular weight excluding hydrogens is 388 g/mol. The van der Waals surface area contributed by atoms with Gasteiger partial charge in [0.1, 0.15) is 6.10 Å². The molecule has 0 aromatic rings. The van der Waals surface area contributed by atoms with Crippen LogP contribution >= 0.6 is 0 Å². The molecule has 0 aromatic carbocycles. The third-order valence-corrected chi connectivity index (χ3v) is 10.7. The van der Waals surface area contributed by atoms with Gasteiger partial charge in [0.05, 0.1) is 7.11 Å². The number of fused-ring (bicyclic) bond motifs is 5. The van der Waals surface area contributed by atoms with E-state index in [0.29, 0.717) is 29.1 Å². The molecule has 0 bridgehead atoms. The lowest BCUT2D eigenvalue weighted by molar-refractivity contribution is -0.160. The average molecular weight is 433 g/mol. The minimum atomic E-state index is -0.117. The van der Waals surface area contributed by atoms with Crippen molar-refractivity contribution in [3.63, 3.8) is 0 Å². The van der Waals surface area contributed by atoms with Gasteiger partial charge in [-0.1, -0.05) is 20.8 Å². The van der Waals surface area contributed by atoms with E-state index in [0.717, 1.165) is 42.9 Å². The molecule has 0 radical (unpaired) electrons. The fourth-order valence-corrected chi connectivity index (χ4v) is 9.18. The Kier molecular flexibility index (Phi) is 6.49. The van der Waals surface area contributed by atoms with Gasteiger partial charge >= 0.3 is 11.9 Å². The summed E-state index contributed by atoms with van der Waals surface area (Å²) in [6.45, 7) is 9.09. The van der Waals surface area contributed by atoms with Gasteiger partial charge in [-0.15, -0.1) is 0 Å². The second kappa shape index (κ2) is 8.71. The van der Waals surface area contributed by atoms with Crippen molar-refractivity contribution in [1.29, 1.82) is 0 Å². The van der Waals surface area contributed by atoms with E-state index in [2.05, 4.69) is 20.8 Å². The number of rotatable bonds is 5. The summed E-state index contributed by atoms with van der Waals surface area (Å²) in [6.07, 6.45) is 13.1. The normalized spacial score (nSPS) is 45.1. The predicted octanol–water partition coefficient (Wildman–Crippen LogP) is 6.17. The molecule has 4 nitrogen and oxygen atoms in total. The monoisotopic (exact) mass is 432 g/mol. The molecule has 4 aliphatic rings. The molecule has 4 aliphatic carbocycles. The van der Waals surface area contributed by atoms with E-state index in [-0.39, 0.29) is 18.0 Å². The van der Waals surface area contributed by atoms with Crippen molar-refractivity contribution in [2.75, 3.05) is 7.11 Å². The minimum absolute atomic E-state index is 0.0640. The van der Waals surface area contributed by atoms with Crippen LogP contribution in [-0.2, 0) is 19.1 Å². The first-order chi connectivity index (χ1) is 14.7. The standard InChI is InChI=1S/C27H44O4/c1-17(6-11-25(29)30-5)22-9-10-23-21-8-7-19-16-20(31-18(2)28)12-14-26(19,3)24(21)13-15-27(22,23)4/h17,19-24H,6-16H2,1-5H3/t17-,19-,20-,21-,22+,23-,24-,26-,27+/m0/s1. The molecule has 0 unspecified atom stereocenters. The zero-order valence-electron chi connectivity index (χ0n) is 20.5. The van der Waals surface area contributed by atoms with Crippen LogP contribution in [0.2, 0.25) is 0 Å². The summed E-state index contributed by atoms with van der Waals surface area (Å²) in [7, 11) is 1.50. The summed E-state index contributed by atoms with van der Waals surface area (Å²) in [4.78, 5) is 23.2. The average Bonchev–Trinajstić information content (AvgIpc) is 3.09. The highest BCUT2D eigenvalue weighted by Crippen LogP contribution is 2.68. The molecule has 0 heterocycles. The Morgan fingerprint density at radius 2 is 1.68 bits per heavy atom. The summed E-state index contributed by atoms with van der Waals surface area (Å²) in [5, 5.41) is 0. The van der Waals surface area contributed by atoms with E-state index in [9.17, 15) is 9.59 Å². The van der Waals surface area contributed by atoms with E-state index in [4.69, 9.17) is 9.47 Å². The molecule has 0 amide bonds. The Morgan fingerprint density at radius 1 is 0.968 bits per heavy atom. The van der Waals surface area contributed by atoms with Crippen molar-refractivity contribution >= 4 is 11.9 Å². The number of carbonyl (C=O) groups excluding carboxylic acids is 2. The van der Waals surface area contributed by atoms with Crippen LogP contribution in [-0.4, -0.2) is 25.2 Å². The van der Waals surface area contributed by atoms with Gasteiger partial charge in [-0.05, 0) is 111 Å². The summed E-state index contributed by atoms with van der Waals surface area (Å²) in [5.41, 5.74) is 0.865. The third-order valence-electron chi connectivity index (χ3n) is 10.7. The second-order valence-corrected chi connectivity index (χ2v) is 12.0. The quantitative estimate of drug-likeness (QED) is 0.488. The van der Waals surface area contributed by atoms with Crippen LogP contribution in [0.15, 0.2) is 0 Å². The lowest BCUT2D eigenvalue weighted by Gasteiger charge is -2.61. The van der Waals surface area contributed by atoms with E-state index in [1.807, 2.05) is 0 Å². The van der Waals surface area contributed by atoms with Gasteiger partial charge < -0.3 is 9.47 Å². The molecule has 31 heavy (non-hydrogen) atoms. The van der Waals surface area contributed by atoms with Crippen molar-refractivity contribution < 1.29 is 19.1 Å². The van der Waals surface area contributed by atoms with Crippen molar-refractivity contribution in [2.45, 2.75) is 104 Å². The van der Waals surface area contributed by atoms with Gasteiger partial charge in [0.25, 0.3) is 0 Å². The predicted molar refractivity (Wildman–Crippen MR) is 121 cm³/mol. The number of hydrogen-bond acceptors (Lipinski definition) is 4. The molecule has 176 valence electrons. The molecular formula is C27H44O4. The highest BCUT2D eigenvalue weighted by molar-refractivity contribution is 5.69. The molecule has 0 spiro atoms. The smallest absolute Gasteiger partial charge is 0.305 e. The van der Waals surface area contributed by atoms with Gasteiger partial charge in [-0.3, -0.25) is 9.59 Å². The first kappa shape index (κ1) is 23.1. The first-order valence-corrected chi connectivity index (χ1v) is 12.9. The van der Waals surface area contributed by atoms with Crippen molar-refractivity contribution in [3.05, 3.63) is 0 Å². The Hall–Kier alpha value is -1.06. The van der Waals surface area contributed by atoms with E-state index >= 15 is 0 Å². The zero-order valence-corrected chi connectivity index (χ0v) is 20.5. The number of esters is 2. The summed E-state index contributed by atoms with van der Waals surface area (Å²) >= 11 is 0. The molecule has 0 saturated heterocycles. The van der Waals surface area contributed by atoms with E-state index < -0.39 is 0 Å². The topological polar surface area (TPSA) is 52.6 Å². The van der Waals surface area contributed by atoms with Crippen LogP contribution in [0.1, 0.15) is 98.3 Å². The maximum Gasteiger partial charge on any atom is 0.305 e. The summed E-state index contributed by atoms with van der Waals surface area (Å²) in [6, 6.07) is 0. The molecule has 0 aliphatic heterocycles. The number of carbonyl (C=O) groups is 2. The van der Waals surface area contributed by atoms with Gasteiger partial charge in [0.15, 0.2) is 0 Å². The van der Waals surface area contributed by atoms with Crippen molar-refractivity contribution in [3.8, 4) is 0 Å². The SMILES string of the molecule is COC(=O)CC[C@H](C)[C@H]1CC[C@H]2[C@@H]3CC[C@H]4C[C@@H](OC(C)=O)CC[C@]4(C)[C@H]3CC[C@]12C. The van der Waals surface area contributed by atoms with Crippen molar-refractivity contribution in [2.24, 2.45) is 46.3 Å². The number of hydrogen-bond donors (Lipinski definition) is 0. The van der Waals surface area contributed by atoms with Crippen molar-refractivity contribution in [1.82, 2.24) is 0 Å². The van der Waals surface area contributed by atoms with Crippen LogP contribution in [0.5, 0.6) is 0 Å². The molecule has 4 saturated carbocycles. The molecule has 0 N–H and O–H groups in total. The fourth-order valence-electron chi connectivity index (χ4n) is 9.18. The highest BCUT2D eigenvalue weighted by atomic mass is 16.5. The molecule has 0 aromatic heterocycles. The largest absolute Gasteiger partial charge is 0.469 e. The highest BCUT2D eigenvalue weighted by Gasteiger charge is 2.60. The number of methoxy groups -OCH3 is 1. The van der Waals surface area contributed by atoms with Gasteiger partial charge in [0, 0.05) is 13.3 Å². The third kappa shape index (κ3) is 4.06. The van der Waals surface area contributed by atoms with Crippen LogP contribution in [0.25, 0.3) is 0 Å². The first-order valence-electron chi connectivity index (χ1n) is 12.9. The molecule has 4 heteroatoms. The molecule has 4 fully saturated rings. The Bertz CT molecular complexity index is 689. The zero-order chi connectivity index (χ0) is 22.4. The van der Waals surface area contributed by atoms with Crippen LogP contribution in [0.3, 0.4) is 0 Å². The number of ether oxygens (including phenoxy) is 2. The van der Waals surface area contributed by atoms with Crippen LogP contribution in [0, 0.1) is 46.3 Å². The Labute approximate surface area is 189 Å². The van der Waals surface area contributed by atoms with Crippen LogP contribution < -0.4 is 0 Å². The van der Waals surface area contributed by atoms with Gasteiger partial charge in [-0.25, -0.2) is 0 Å². The maximum absolute atomic E-state index is 11.7. The van der Waals surface area contributed by atoms with E-state index in [1.54, 1.807) is 6.92 Å². The van der Waals surface area contributed by atoms with Gasteiger partial charge in [0.2, 0.25) is 0 Å². The second-order valence-electron chi connectivity index (χ2n) is 12.0. The Balaban J connectivity index is 1.45. The lowest BCUT2D eigenvalue weighted by Crippen LogP contribution is -2.54. The fraction of sp³-hybridized carbons (Fsp3) is 0.926. The maximum atomic E-state index is 11.7. The summed E-state index contributed by atoms with van der Waals surface area (Å²) in [5.74, 6) is 4.42. The molecule has 4 rings (SSSR count). The van der Waals surface area contributed by atoms with Gasteiger partial charge in [-0.2, -0.15) is 0 Å². The van der Waals surface area contributed by atoms with E-state index in [1.165, 1.54) is 52.1 Å². The summed E-state index contributed by atoms with van der Waals surface area (Å²) < 4.78 is 10.5. The van der Waals surface area contributed by atoms with Crippen LogP contribution in [0.4, 0.5) is 0 Å². The minimum Gasteiger partial charge on any atom is -0.469 e. The molecule has 9 atom stereocenters. The Morgan fingerprint density at radius 3 is 2.39 bits per heavy atom.